The lowest BCUT2D eigenvalue weighted by Gasteiger charge is -2.06. The third-order valence-corrected chi connectivity index (χ3v) is 4.13. The van der Waals surface area contributed by atoms with Gasteiger partial charge in [-0.2, -0.15) is 0 Å². The van der Waals surface area contributed by atoms with Crippen molar-refractivity contribution in [1.82, 2.24) is 0 Å². The van der Waals surface area contributed by atoms with Gasteiger partial charge in [-0.3, -0.25) is 9.79 Å². The molecule has 4 heteroatoms. The van der Waals surface area contributed by atoms with Crippen molar-refractivity contribution < 1.29 is 4.79 Å². The smallest absolute Gasteiger partial charge is 0.255 e. The SMILES string of the molecule is C#Cc1ccccc1C(C)=N/C=C/C=C(\C=C(C)C)C(=O)Nc1cccc(Cl)c1.CC. The molecule has 0 radical (unpaired) electrons. The molecule has 1 amide bonds. The van der Waals surface area contributed by atoms with E-state index in [-0.39, 0.29) is 5.91 Å². The Bertz CT molecular complexity index is 1050. The van der Waals surface area contributed by atoms with Gasteiger partial charge in [-0.25, -0.2) is 0 Å². The first-order valence-electron chi connectivity index (χ1n) is 10.1. The molecule has 0 saturated heterocycles. The van der Waals surface area contributed by atoms with E-state index in [0.717, 1.165) is 22.4 Å². The number of benzene rings is 2. The van der Waals surface area contributed by atoms with Crippen molar-refractivity contribution in [2.45, 2.75) is 34.6 Å². The molecule has 1 N–H and O–H groups in total. The van der Waals surface area contributed by atoms with E-state index in [1.165, 1.54) is 0 Å². The summed E-state index contributed by atoms with van der Waals surface area (Å²) in [6.07, 6.45) is 12.5. The number of anilines is 1. The van der Waals surface area contributed by atoms with Crippen LogP contribution in [0.25, 0.3) is 0 Å². The highest BCUT2D eigenvalue weighted by Gasteiger charge is 2.07. The van der Waals surface area contributed by atoms with Crippen molar-refractivity contribution in [3.8, 4) is 12.3 Å². The van der Waals surface area contributed by atoms with Crippen molar-refractivity contribution in [1.29, 1.82) is 0 Å². The molecular formula is C27H29ClN2O. The third kappa shape index (κ3) is 8.90. The minimum Gasteiger partial charge on any atom is -0.322 e. The number of nitrogens with one attached hydrogen (secondary N) is 1. The summed E-state index contributed by atoms with van der Waals surface area (Å²) >= 11 is 5.98. The van der Waals surface area contributed by atoms with Crippen LogP contribution in [0.15, 0.2) is 89.1 Å². The van der Waals surface area contributed by atoms with Gasteiger partial charge in [-0.05, 0) is 57.2 Å². The largest absolute Gasteiger partial charge is 0.322 e. The number of terminal acetylenes is 1. The number of halogens is 1. The quantitative estimate of drug-likeness (QED) is 0.223. The lowest BCUT2D eigenvalue weighted by molar-refractivity contribution is -0.112. The minimum absolute atomic E-state index is 0.225. The molecule has 0 saturated carbocycles. The first kappa shape index (κ1) is 25.7. The molecule has 0 spiro atoms. The Morgan fingerprint density at radius 2 is 1.81 bits per heavy atom. The van der Waals surface area contributed by atoms with E-state index in [1.807, 2.05) is 65.0 Å². The highest BCUT2D eigenvalue weighted by Crippen LogP contribution is 2.16. The number of amides is 1. The van der Waals surface area contributed by atoms with Crippen LogP contribution in [-0.4, -0.2) is 11.6 Å². The summed E-state index contributed by atoms with van der Waals surface area (Å²) in [4.78, 5) is 17.1. The van der Waals surface area contributed by atoms with Crippen LogP contribution < -0.4 is 5.32 Å². The molecule has 0 aliphatic heterocycles. The van der Waals surface area contributed by atoms with E-state index < -0.39 is 0 Å². The lowest BCUT2D eigenvalue weighted by atomic mass is 10.0. The number of rotatable bonds is 6. The monoisotopic (exact) mass is 432 g/mol. The second-order valence-corrected chi connectivity index (χ2v) is 6.99. The Kier molecular flexibility index (Phi) is 11.4. The number of aliphatic imine (C=N–C) groups is 1. The van der Waals surface area contributed by atoms with Crippen LogP contribution in [0.1, 0.15) is 45.7 Å². The zero-order chi connectivity index (χ0) is 23.2. The van der Waals surface area contributed by atoms with Crippen molar-refractivity contribution in [3.63, 3.8) is 0 Å². The van der Waals surface area contributed by atoms with Crippen molar-refractivity contribution >= 4 is 28.9 Å². The zero-order valence-corrected chi connectivity index (χ0v) is 19.5. The Morgan fingerprint density at radius 1 is 1.10 bits per heavy atom. The molecule has 0 aliphatic rings. The van der Waals surface area contributed by atoms with Crippen LogP contribution in [0.4, 0.5) is 5.69 Å². The normalized spacial score (nSPS) is 11.3. The van der Waals surface area contributed by atoms with E-state index in [0.29, 0.717) is 16.3 Å². The maximum Gasteiger partial charge on any atom is 0.255 e. The number of hydrogen-bond acceptors (Lipinski definition) is 2. The second kappa shape index (κ2) is 13.8. The van der Waals surface area contributed by atoms with Gasteiger partial charge in [0, 0.05) is 39.3 Å². The van der Waals surface area contributed by atoms with Gasteiger partial charge < -0.3 is 5.32 Å². The molecule has 2 aromatic carbocycles. The maximum absolute atomic E-state index is 12.6. The standard InChI is InChI=1S/C25H23ClN2O.C2H6/c1-5-20-10-6-7-14-24(20)19(4)27-15-9-11-21(16-18(2)3)25(29)28-23-13-8-12-22(26)17-23;1-2/h1,6-17H,2-4H3,(H,28,29);1-2H3/b15-9+,21-11+,27-19?;. The molecular weight excluding hydrogens is 404 g/mol. The summed E-state index contributed by atoms with van der Waals surface area (Å²) in [6, 6.07) is 14.7. The molecule has 0 fully saturated rings. The third-order valence-electron chi connectivity index (χ3n) is 3.89. The fourth-order valence-corrected chi connectivity index (χ4v) is 2.76. The summed E-state index contributed by atoms with van der Waals surface area (Å²) < 4.78 is 0. The Labute approximate surface area is 191 Å². The molecule has 0 unspecified atom stereocenters. The number of carbonyl (C=O) groups excluding carboxylic acids is 1. The average molecular weight is 433 g/mol. The summed E-state index contributed by atoms with van der Waals surface area (Å²) in [5.74, 6) is 2.44. The maximum atomic E-state index is 12.6. The van der Waals surface area contributed by atoms with Gasteiger partial charge in [0.15, 0.2) is 0 Å². The Balaban J connectivity index is 0.00000233. The van der Waals surface area contributed by atoms with E-state index >= 15 is 0 Å². The van der Waals surface area contributed by atoms with E-state index in [1.54, 1.807) is 42.6 Å². The predicted molar refractivity (Wildman–Crippen MR) is 135 cm³/mol. The van der Waals surface area contributed by atoms with E-state index in [4.69, 9.17) is 18.0 Å². The molecule has 160 valence electrons. The highest BCUT2D eigenvalue weighted by molar-refractivity contribution is 6.31. The van der Waals surface area contributed by atoms with E-state index in [9.17, 15) is 4.79 Å². The van der Waals surface area contributed by atoms with Crippen LogP contribution >= 0.6 is 11.6 Å². The molecule has 2 rings (SSSR count). The highest BCUT2D eigenvalue weighted by atomic mass is 35.5. The fourth-order valence-electron chi connectivity index (χ4n) is 2.57. The van der Waals surface area contributed by atoms with Gasteiger partial charge in [0.1, 0.15) is 0 Å². The topological polar surface area (TPSA) is 41.5 Å². The molecule has 0 bridgehead atoms. The Hall–Kier alpha value is -3.35. The molecule has 0 heterocycles. The molecule has 0 aromatic heterocycles. The van der Waals surface area contributed by atoms with Gasteiger partial charge in [-0.15, -0.1) is 6.42 Å². The molecule has 0 aliphatic carbocycles. The fraction of sp³-hybridized carbons (Fsp3) is 0.185. The lowest BCUT2D eigenvalue weighted by Crippen LogP contribution is -2.13. The van der Waals surface area contributed by atoms with Crippen molar-refractivity contribution in [2.75, 3.05) is 5.32 Å². The molecule has 31 heavy (non-hydrogen) atoms. The van der Waals surface area contributed by atoms with Crippen LogP contribution in [0, 0.1) is 12.3 Å². The van der Waals surface area contributed by atoms with Crippen molar-refractivity contribution in [2.24, 2.45) is 4.99 Å². The van der Waals surface area contributed by atoms with Gasteiger partial charge in [0.05, 0.1) is 0 Å². The van der Waals surface area contributed by atoms with Crippen LogP contribution in [0.2, 0.25) is 5.02 Å². The summed E-state index contributed by atoms with van der Waals surface area (Å²) in [7, 11) is 0. The molecule has 3 nitrogen and oxygen atoms in total. The summed E-state index contributed by atoms with van der Waals surface area (Å²) in [5, 5.41) is 3.41. The molecule has 0 atom stereocenters. The Morgan fingerprint density at radius 3 is 2.45 bits per heavy atom. The first-order valence-corrected chi connectivity index (χ1v) is 10.5. The van der Waals surface area contributed by atoms with Gasteiger partial charge in [-0.1, -0.05) is 67.3 Å². The minimum atomic E-state index is -0.225. The second-order valence-electron chi connectivity index (χ2n) is 6.55. The predicted octanol–water partition coefficient (Wildman–Crippen LogP) is 7.20. The number of nitrogens with zero attached hydrogens (tertiary/aromatic N) is 1. The van der Waals surface area contributed by atoms with Crippen LogP contribution in [-0.2, 0) is 4.79 Å². The number of allylic oxidation sites excluding steroid dienone is 3. The van der Waals surface area contributed by atoms with E-state index in [2.05, 4.69) is 16.2 Å². The molecule has 2 aromatic rings. The van der Waals surface area contributed by atoms with Crippen LogP contribution in [0.3, 0.4) is 0 Å². The van der Waals surface area contributed by atoms with Crippen LogP contribution in [0.5, 0.6) is 0 Å². The van der Waals surface area contributed by atoms with Crippen molar-refractivity contribution in [3.05, 3.63) is 100 Å². The summed E-state index contributed by atoms with van der Waals surface area (Å²) in [5.41, 5.74) is 4.66. The van der Waals surface area contributed by atoms with Gasteiger partial charge >= 0.3 is 0 Å². The summed E-state index contributed by atoms with van der Waals surface area (Å²) in [6.45, 7) is 9.76. The number of carbonyl (C=O) groups is 1. The first-order chi connectivity index (χ1) is 14.9. The average Bonchev–Trinajstić information content (AvgIpc) is 2.76. The number of hydrogen-bond donors (Lipinski definition) is 1. The van der Waals surface area contributed by atoms with Gasteiger partial charge in [0.2, 0.25) is 0 Å². The zero-order valence-electron chi connectivity index (χ0n) is 18.7. The van der Waals surface area contributed by atoms with Gasteiger partial charge in [0.25, 0.3) is 5.91 Å².